The summed E-state index contributed by atoms with van der Waals surface area (Å²) in [6.07, 6.45) is 18.6. The van der Waals surface area contributed by atoms with Crippen molar-refractivity contribution < 1.29 is 24.6 Å². The van der Waals surface area contributed by atoms with Gasteiger partial charge in [0.1, 0.15) is 11.6 Å². The molecule has 0 bridgehead atoms. The molecule has 9 heteroatoms. The molecule has 0 aromatic carbocycles. The van der Waals surface area contributed by atoms with E-state index >= 15 is 0 Å². The van der Waals surface area contributed by atoms with Crippen molar-refractivity contribution in [2.75, 3.05) is 6.61 Å². The number of rotatable bonds is 7. The SMILES string of the molecule is C#C[C@@]1(O)CC[C@H]2[C@@H]3CCC4=C/C(=N\OCC(=O)N[C@H](Cc5cnc[nH]5)C(=O)O)CC[C@]4(C)[C@H]3CC[C@@]21C. The smallest absolute Gasteiger partial charge is 0.326 e. The lowest BCUT2D eigenvalue weighted by Crippen LogP contribution is -2.54. The number of carboxylic acids is 1. The summed E-state index contributed by atoms with van der Waals surface area (Å²) in [6, 6.07) is -1.08. The Hall–Kier alpha value is -3.12. The third-order valence-electron chi connectivity index (χ3n) is 10.4. The fourth-order valence-electron chi connectivity index (χ4n) is 8.12. The van der Waals surface area contributed by atoms with Gasteiger partial charge in [0, 0.05) is 23.7 Å². The topological polar surface area (TPSA) is 137 Å². The van der Waals surface area contributed by atoms with Crippen LogP contribution in [-0.4, -0.2) is 56.0 Å². The van der Waals surface area contributed by atoms with E-state index in [1.165, 1.54) is 18.1 Å². The number of hydrogen-bond donors (Lipinski definition) is 4. The molecular formula is C29H38N4O5. The molecule has 1 aromatic heterocycles. The number of H-pyrrole nitrogens is 1. The lowest BCUT2D eigenvalue weighted by Gasteiger charge is -2.58. The number of terminal acetylenes is 1. The molecule has 4 aliphatic rings. The van der Waals surface area contributed by atoms with Crippen molar-refractivity contribution in [3.05, 3.63) is 29.9 Å². The molecule has 1 amide bonds. The number of nitrogens with one attached hydrogen (secondary N) is 2. The summed E-state index contributed by atoms with van der Waals surface area (Å²) in [4.78, 5) is 35.9. The first-order valence-corrected chi connectivity index (χ1v) is 13.7. The first-order chi connectivity index (χ1) is 18.1. The number of aliphatic hydroxyl groups is 1. The maximum atomic E-state index is 12.3. The average Bonchev–Trinajstić information content (AvgIpc) is 3.49. The van der Waals surface area contributed by atoms with E-state index in [-0.39, 0.29) is 23.9 Å². The summed E-state index contributed by atoms with van der Waals surface area (Å²) in [5, 5.41) is 27.3. The van der Waals surface area contributed by atoms with Crippen LogP contribution >= 0.6 is 0 Å². The van der Waals surface area contributed by atoms with Gasteiger partial charge in [-0.25, -0.2) is 9.78 Å². The van der Waals surface area contributed by atoms with Gasteiger partial charge in [0.05, 0.1) is 12.0 Å². The van der Waals surface area contributed by atoms with Gasteiger partial charge in [0.25, 0.3) is 5.91 Å². The number of imidazole rings is 1. The number of nitrogens with zero attached hydrogens (tertiary/aromatic N) is 2. The highest BCUT2D eigenvalue weighted by Crippen LogP contribution is 2.67. The summed E-state index contributed by atoms with van der Waals surface area (Å²) in [7, 11) is 0. The molecule has 204 valence electrons. The average molecular weight is 523 g/mol. The van der Waals surface area contributed by atoms with Crippen LogP contribution in [-0.2, 0) is 20.8 Å². The second-order valence-electron chi connectivity index (χ2n) is 12.1. The third-order valence-corrected chi connectivity index (χ3v) is 10.4. The second-order valence-corrected chi connectivity index (χ2v) is 12.1. The highest BCUT2D eigenvalue weighted by Gasteiger charge is 2.63. The van der Waals surface area contributed by atoms with Crippen molar-refractivity contribution in [3.8, 4) is 12.3 Å². The Morgan fingerprint density at radius 3 is 2.76 bits per heavy atom. The molecule has 7 atom stereocenters. The molecule has 1 aromatic rings. The number of aromatic amines is 1. The highest BCUT2D eigenvalue weighted by molar-refractivity contribution is 5.96. The Kier molecular flexibility index (Phi) is 6.89. The molecule has 0 aliphatic heterocycles. The Morgan fingerprint density at radius 2 is 2.05 bits per heavy atom. The summed E-state index contributed by atoms with van der Waals surface area (Å²) < 4.78 is 0. The lowest BCUT2D eigenvalue weighted by molar-refractivity contribution is -0.142. The molecule has 0 spiro atoms. The predicted molar refractivity (Wildman–Crippen MR) is 141 cm³/mol. The van der Waals surface area contributed by atoms with Crippen LogP contribution in [0.15, 0.2) is 29.3 Å². The summed E-state index contributed by atoms with van der Waals surface area (Å²) in [6.45, 7) is 4.25. The van der Waals surface area contributed by atoms with Gasteiger partial charge in [0.15, 0.2) is 6.61 Å². The van der Waals surface area contributed by atoms with Crippen molar-refractivity contribution in [1.82, 2.24) is 15.3 Å². The van der Waals surface area contributed by atoms with E-state index in [1.54, 1.807) is 0 Å². The Balaban J connectivity index is 1.20. The van der Waals surface area contributed by atoms with Gasteiger partial charge in [-0.3, -0.25) is 4.79 Å². The zero-order valence-electron chi connectivity index (χ0n) is 22.2. The van der Waals surface area contributed by atoms with E-state index in [0.29, 0.717) is 29.9 Å². The first kappa shape index (κ1) is 26.5. The number of carbonyl (C=O) groups is 2. The quantitative estimate of drug-likeness (QED) is 0.321. The van der Waals surface area contributed by atoms with E-state index in [1.807, 2.05) is 0 Å². The maximum absolute atomic E-state index is 12.3. The van der Waals surface area contributed by atoms with Crippen LogP contribution in [0.5, 0.6) is 0 Å². The van der Waals surface area contributed by atoms with Gasteiger partial charge >= 0.3 is 5.97 Å². The monoisotopic (exact) mass is 522 g/mol. The molecule has 1 heterocycles. The number of hydrogen-bond acceptors (Lipinski definition) is 6. The van der Waals surface area contributed by atoms with Crippen molar-refractivity contribution in [2.45, 2.75) is 83.3 Å². The van der Waals surface area contributed by atoms with Crippen LogP contribution in [0.3, 0.4) is 0 Å². The minimum atomic E-state index is -1.13. The van der Waals surface area contributed by atoms with Crippen molar-refractivity contribution in [1.29, 1.82) is 0 Å². The number of fused-ring (bicyclic) bond motifs is 5. The van der Waals surface area contributed by atoms with Gasteiger partial charge in [0.2, 0.25) is 0 Å². The third kappa shape index (κ3) is 4.43. The molecule has 0 saturated heterocycles. The summed E-state index contributed by atoms with van der Waals surface area (Å²) >= 11 is 0. The summed E-state index contributed by atoms with van der Waals surface area (Å²) in [5.41, 5.74) is 1.75. The molecule has 9 nitrogen and oxygen atoms in total. The van der Waals surface area contributed by atoms with Crippen molar-refractivity contribution in [2.24, 2.45) is 33.7 Å². The van der Waals surface area contributed by atoms with Crippen molar-refractivity contribution >= 4 is 17.6 Å². The molecule has 3 saturated carbocycles. The standard InChI is InChI=1S/C29H38N4O5/c1-4-29(37)12-9-23-21-6-5-18-13-19(7-10-27(18,2)22(21)8-11-28(23,29)3)33-38-16-25(34)32-24(26(35)36)14-20-15-30-17-31-20/h1,13,15,17,21-24,37H,5-12,14,16H2,2-3H3,(H,30,31)(H,32,34)(H,35,36)/b33-19-/t21-,22+,23+,24-,27+,28+,29-/m1/s1. The molecular weight excluding hydrogens is 484 g/mol. The van der Waals surface area contributed by atoms with E-state index in [4.69, 9.17) is 11.3 Å². The first-order valence-electron chi connectivity index (χ1n) is 13.7. The lowest BCUT2D eigenvalue weighted by atomic mass is 9.46. The number of allylic oxidation sites excluding steroid dienone is 2. The van der Waals surface area contributed by atoms with Gasteiger partial charge in [-0.05, 0) is 80.6 Å². The van der Waals surface area contributed by atoms with Gasteiger partial charge in [-0.2, -0.15) is 0 Å². The van der Waals surface area contributed by atoms with Gasteiger partial charge < -0.3 is 25.4 Å². The molecule has 4 N–H and O–H groups in total. The van der Waals surface area contributed by atoms with Crippen LogP contribution in [0, 0.1) is 40.9 Å². The van der Waals surface area contributed by atoms with E-state index < -0.39 is 23.5 Å². The highest BCUT2D eigenvalue weighted by atomic mass is 16.6. The Bertz CT molecular complexity index is 1190. The molecule has 5 rings (SSSR count). The number of amides is 1. The summed E-state index contributed by atoms with van der Waals surface area (Å²) in [5.74, 6) is 2.68. The number of carbonyl (C=O) groups excluding carboxylic acids is 1. The number of aromatic nitrogens is 2. The number of oxime groups is 1. The zero-order chi connectivity index (χ0) is 27.1. The minimum absolute atomic E-state index is 0.0961. The molecule has 0 radical (unpaired) electrons. The fourth-order valence-corrected chi connectivity index (χ4v) is 8.12. The second kappa shape index (κ2) is 9.88. The van der Waals surface area contributed by atoms with E-state index in [9.17, 15) is 19.8 Å². The number of carboxylic acid groups (broad SMARTS) is 1. The number of aliphatic carboxylic acids is 1. The Morgan fingerprint density at radius 1 is 1.26 bits per heavy atom. The maximum Gasteiger partial charge on any atom is 0.326 e. The minimum Gasteiger partial charge on any atom is -0.480 e. The van der Waals surface area contributed by atoms with Gasteiger partial charge in [-0.1, -0.05) is 30.5 Å². The fraction of sp³-hybridized carbons (Fsp3) is 0.655. The molecule has 38 heavy (non-hydrogen) atoms. The predicted octanol–water partition coefficient (Wildman–Crippen LogP) is 3.22. The van der Waals surface area contributed by atoms with Crippen LogP contribution in [0.25, 0.3) is 0 Å². The molecule has 0 unspecified atom stereocenters. The van der Waals surface area contributed by atoms with Crippen molar-refractivity contribution in [3.63, 3.8) is 0 Å². The van der Waals surface area contributed by atoms with Crippen LogP contribution in [0.4, 0.5) is 0 Å². The zero-order valence-corrected chi connectivity index (χ0v) is 22.2. The Labute approximate surface area is 223 Å². The van der Waals surface area contributed by atoms with Gasteiger partial charge in [-0.15, -0.1) is 6.42 Å². The molecule has 4 aliphatic carbocycles. The van der Waals surface area contributed by atoms with Crippen LogP contribution < -0.4 is 5.32 Å². The normalized spacial score (nSPS) is 37.7. The van der Waals surface area contributed by atoms with E-state index in [0.717, 1.165) is 50.7 Å². The van der Waals surface area contributed by atoms with E-state index in [2.05, 4.69) is 46.3 Å². The molecule has 3 fully saturated rings. The van der Waals surface area contributed by atoms with Crippen LogP contribution in [0.1, 0.15) is 70.9 Å². The largest absolute Gasteiger partial charge is 0.480 e. The van der Waals surface area contributed by atoms with Crippen LogP contribution in [0.2, 0.25) is 0 Å².